The molecule has 14 heavy (non-hydrogen) atoms. The molecule has 1 aromatic rings. The Hall–Kier alpha value is -0.900. The van der Waals surface area contributed by atoms with Crippen LogP contribution in [-0.2, 0) is 19.0 Å². The Bertz CT molecular complexity index is 336. The lowest BCUT2D eigenvalue weighted by molar-refractivity contribution is 0.382. The molecule has 1 atom stereocenters. The van der Waals surface area contributed by atoms with Gasteiger partial charge in [0.15, 0.2) is 5.82 Å². The van der Waals surface area contributed by atoms with Crippen molar-refractivity contribution in [2.45, 2.75) is 38.6 Å². The first-order chi connectivity index (χ1) is 6.55. The third kappa shape index (κ3) is 1.43. The minimum absolute atomic E-state index is 0.296. The highest BCUT2D eigenvalue weighted by Crippen LogP contribution is 2.42. The molecule has 4 heteroatoms. The van der Waals surface area contributed by atoms with Gasteiger partial charge in [0.2, 0.25) is 0 Å². The average Bonchev–Trinajstić information content (AvgIpc) is 2.90. The minimum Gasteiger partial charge on any atom is -0.319 e. The van der Waals surface area contributed by atoms with Crippen LogP contribution in [0.5, 0.6) is 0 Å². The van der Waals surface area contributed by atoms with Crippen LogP contribution in [0.4, 0.5) is 0 Å². The van der Waals surface area contributed by atoms with Crippen LogP contribution < -0.4 is 5.73 Å². The van der Waals surface area contributed by atoms with E-state index < -0.39 is 0 Å². The third-order valence-electron chi connectivity index (χ3n) is 3.03. The zero-order valence-electron chi connectivity index (χ0n) is 9.12. The maximum absolute atomic E-state index is 6.29. The van der Waals surface area contributed by atoms with Crippen LogP contribution in [0.1, 0.15) is 38.3 Å². The van der Waals surface area contributed by atoms with Gasteiger partial charge >= 0.3 is 0 Å². The minimum atomic E-state index is -0.296. The molecule has 0 amide bonds. The smallest absolute Gasteiger partial charge is 0.150 e. The van der Waals surface area contributed by atoms with E-state index in [0.29, 0.717) is 5.92 Å². The molecule has 1 aliphatic carbocycles. The van der Waals surface area contributed by atoms with E-state index in [0.717, 1.165) is 18.1 Å². The van der Waals surface area contributed by atoms with Gasteiger partial charge in [-0.25, -0.2) is 4.98 Å². The molecule has 0 aliphatic heterocycles. The van der Waals surface area contributed by atoms with E-state index in [1.54, 1.807) is 0 Å². The summed E-state index contributed by atoms with van der Waals surface area (Å²) in [7, 11) is 1.93. The Morgan fingerprint density at radius 1 is 1.57 bits per heavy atom. The van der Waals surface area contributed by atoms with Crippen LogP contribution in [0.25, 0.3) is 0 Å². The average molecular weight is 194 g/mol. The van der Waals surface area contributed by atoms with E-state index in [4.69, 9.17) is 5.73 Å². The molecule has 4 nitrogen and oxygen atoms in total. The summed E-state index contributed by atoms with van der Waals surface area (Å²) in [6.45, 7) is 4.12. The highest BCUT2D eigenvalue weighted by Gasteiger charge is 2.42. The fourth-order valence-corrected chi connectivity index (χ4v) is 1.92. The Morgan fingerprint density at radius 2 is 2.21 bits per heavy atom. The number of hydrogen-bond donors (Lipinski definition) is 1. The van der Waals surface area contributed by atoms with Crippen molar-refractivity contribution in [3.8, 4) is 0 Å². The maximum Gasteiger partial charge on any atom is 0.150 e. The van der Waals surface area contributed by atoms with Gasteiger partial charge in [0.05, 0.1) is 5.54 Å². The van der Waals surface area contributed by atoms with Crippen molar-refractivity contribution < 1.29 is 0 Å². The second kappa shape index (κ2) is 3.05. The standard InChI is InChI=1S/C10H18N4/c1-4-8-12-9(14(3)13-8)10(2,11)7-5-6-7/h7H,4-6,11H2,1-3H3. The van der Waals surface area contributed by atoms with Crippen LogP contribution in [0, 0.1) is 5.92 Å². The van der Waals surface area contributed by atoms with Crippen molar-refractivity contribution in [3.63, 3.8) is 0 Å². The quantitative estimate of drug-likeness (QED) is 0.779. The van der Waals surface area contributed by atoms with Gasteiger partial charge in [-0.1, -0.05) is 6.92 Å². The molecule has 0 bridgehead atoms. The Labute approximate surface area is 84.5 Å². The van der Waals surface area contributed by atoms with E-state index >= 15 is 0 Å². The summed E-state index contributed by atoms with van der Waals surface area (Å²) in [5, 5.41) is 4.33. The summed E-state index contributed by atoms with van der Waals surface area (Å²) >= 11 is 0. The van der Waals surface area contributed by atoms with Crippen molar-refractivity contribution in [1.82, 2.24) is 14.8 Å². The number of aryl methyl sites for hydroxylation is 2. The monoisotopic (exact) mass is 194 g/mol. The van der Waals surface area contributed by atoms with E-state index in [1.807, 2.05) is 11.7 Å². The van der Waals surface area contributed by atoms with Gasteiger partial charge in [-0.15, -0.1) is 0 Å². The molecule has 1 saturated carbocycles. The van der Waals surface area contributed by atoms with Gasteiger partial charge in [-0.3, -0.25) is 4.68 Å². The fraction of sp³-hybridized carbons (Fsp3) is 0.800. The highest BCUT2D eigenvalue weighted by atomic mass is 15.3. The first-order valence-corrected chi connectivity index (χ1v) is 5.25. The van der Waals surface area contributed by atoms with Crippen LogP contribution in [0.3, 0.4) is 0 Å². The number of nitrogens with zero attached hydrogens (tertiary/aromatic N) is 3. The van der Waals surface area contributed by atoms with Crippen LogP contribution in [-0.4, -0.2) is 14.8 Å². The van der Waals surface area contributed by atoms with Crippen molar-refractivity contribution in [2.75, 3.05) is 0 Å². The van der Waals surface area contributed by atoms with Crippen LogP contribution in [0.2, 0.25) is 0 Å². The first kappa shape index (κ1) is 9.65. The summed E-state index contributed by atoms with van der Waals surface area (Å²) in [5.41, 5.74) is 5.99. The summed E-state index contributed by atoms with van der Waals surface area (Å²) in [4.78, 5) is 4.49. The van der Waals surface area contributed by atoms with E-state index in [2.05, 4.69) is 23.9 Å². The molecule has 1 unspecified atom stereocenters. The normalized spacial score (nSPS) is 20.9. The molecule has 0 saturated heterocycles. The van der Waals surface area contributed by atoms with Gasteiger partial charge in [-0.05, 0) is 25.7 Å². The topological polar surface area (TPSA) is 56.7 Å². The van der Waals surface area contributed by atoms with Gasteiger partial charge in [0.25, 0.3) is 0 Å². The molecule has 0 spiro atoms. The first-order valence-electron chi connectivity index (χ1n) is 5.25. The molecule has 1 fully saturated rings. The number of rotatable bonds is 3. The van der Waals surface area contributed by atoms with Crippen molar-refractivity contribution in [3.05, 3.63) is 11.6 Å². The summed E-state index contributed by atoms with van der Waals surface area (Å²) in [6, 6.07) is 0. The van der Waals surface area contributed by atoms with Crippen molar-refractivity contribution in [1.29, 1.82) is 0 Å². The number of aromatic nitrogens is 3. The Balaban J connectivity index is 2.34. The Morgan fingerprint density at radius 3 is 2.64 bits per heavy atom. The molecule has 0 radical (unpaired) electrons. The summed E-state index contributed by atoms with van der Waals surface area (Å²) < 4.78 is 1.83. The highest BCUT2D eigenvalue weighted by molar-refractivity contribution is 5.11. The molecule has 2 rings (SSSR count). The maximum atomic E-state index is 6.29. The van der Waals surface area contributed by atoms with Crippen molar-refractivity contribution >= 4 is 0 Å². The van der Waals surface area contributed by atoms with Gasteiger partial charge in [0.1, 0.15) is 5.82 Å². The van der Waals surface area contributed by atoms with E-state index in [9.17, 15) is 0 Å². The second-order valence-corrected chi connectivity index (χ2v) is 4.39. The lowest BCUT2D eigenvalue weighted by Crippen LogP contribution is -2.38. The summed E-state index contributed by atoms with van der Waals surface area (Å²) in [6.07, 6.45) is 3.32. The molecule has 1 heterocycles. The molecule has 2 N–H and O–H groups in total. The molecular weight excluding hydrogens is 176 g/mol. The molecule has 0 aromatic carbocycles. The Kier molecular flexibility index (Phi) is 2.10. The molecule has 1 aromatic heterocycles. The SMILES string of the molecule is CCc1nc(C(C)(N)C2CC2)n(C)n1. The lowest BCUT2D eigenvalue weighted by atomic mass is 9.96. The van der Waals surface area contributed by atoms with Crippen LogP contribution >= 0.6 is 0 Å². The third-order valence-corrected chi connectivity index (χ3v) is 3.03. The number of hydrogen-bond acceptors (Lipinski definition) is 3. The molecule has 78 valence electrons. The van der Waals surface area contributed by atoms with Crippen molar-refractivity contribution in [2.24, 2.45) is 18.7 Å². The largest absolute Gasteiger partial charge is 0.319 e. The van der Waals surface area contributed by atoms with E-state index in [-0.39, 0.29) is 5.54 Å². The zero-order chi connectivity index (χ0) is 10.3. The fourth-order valence-electron chi connectivity index (χ4n) is 1.92. The summed E-state index contributed by atoms with van der Waals surface area (Å²) in [5.74, 6) is 2.41. The van der Waals surface area contributed by atoms with Gasteiger partial charge in [-0.2, -0.15) is 5.10 Å². The number of nitrogens with two attached hydrogens (primary N) is 1. The second-order valence-electron chi connectivity index (χ2n) is 4.39. The zero-order valence-corrected chi connectivity index (χ0v) is 9.12. The van der Waals surface area contributed by atoms with Crippen LogP contribution in [0.15, 0.2) is 0 Å². The van der Waals surface area contributed by atoms with Gasteiger partial charge < -0.3 is 5.73 Å². The van der Waals surface area contributed by atoms with E-state index in [1.165, 1.54) is 12.8 Å². The predicted octanol–water partition coefficient (Wildman–Crippen LogP) is 0.961. The predicted molar refractivity (Wildman–Crippen MR) is 54.6 cm³/mol. The molecule has 1 aliphatic rings. The lowest BCUT2D eigenvalue weighted by Gasteiger charge is -2.22. The molecular formula is C10H18N4. The van der Waals surface area contributed by atoms with Gasteiger partial charge in [0, 0.05) is 13.5 Å².